The van der Waals surface area contributed by atoms with Gasteiger partial charge in [-0.25, -0.2) is 4.79 Å². The van der Waals surface area contributed by atoms with E-state index < -0.39 is 0 Å². The van der Waals surface area contributed by atoms with E-state index in [1.54, 1.807) is 6.07 Å². The lowest BCUT2D eigenvalue weighted by atomic mass is 10.1. The van der Waals surface area contributed by atoms with Gasteiger partial charge in [-0.3, -0.25) is 0 Å². The first-order chi connectivity index (χ1) is 9.20. The van der Waals surface area contributed by atoms with E-state index in [9.17, 15) is 4.79 Å². The summed E-state index contributed by atoms with van der Waals surface area (Å²) in [7, 11) is 0. The fourth-order valence-electron chi connectivity index (χ4n) is 1.89. The van der Waals surface area contributed by atoms with Gasteiger partial charge < -0.3 is 9.15 Å². The number of aryl methyl sites for hydroxylation is 1. The van der Waals surface area contributed by atoms with E-state index >= 15 is 0 Å². The molecule has 0 unspecified atom stereocenters. The highest BCUT2D eigenvalue weighted by Gasteiger charge is 2.03. The van der Waals surface area contributed by atoms with Gasteiger partial charge in [0.15, 0.2) is 0 Å². The number of rotatable bonds is 5. The lowest BCUT2D eigenvalue weighted by Gasteiger charge is -2.06. The van der Waals surface area contributed by atoms with Crippen molar-refractivity contribution < 1.29 is 9.15 Å². The Morgan fingerprint density at radius 1 is 1.32 bits per heavy atom. The summed E-state index contributed by atoms with van der Waals surface area (Å²) >= 11 is 0. The normalized spacial score (nSPS) is 10.3. The van der Waals surface area contributed by atoms with Gasteiger partial charge in [0.1, 0.15) is 11.3 Å². The van der Waals surface area contributed by atoms with Crippen LogP contribution in [0.1, 0.15) is 24.8 Å². The van der Waals surface area contributed by atoms with Crippen LogP contribution in [0.2, 0.25) is 0 Å². The molecule has 0 aliphatic carbocycles. The van der Waals surface area contributed by atoms with Gasteiger partial charge in [0, 0.05) is 23.9 Å². The van der Waals surface area contributed by atoms with E-state index in [-0.39, 0.29) is 5.63 Å². The molecule has 0 radical (unpaired) electrons. The molecule has 0 N–H and O–H groups in total. The maximum Gasteiger partial charge on any atom is 0.336 e. The molecular formula is C15H15NO3. The first-order valence-electron chi connectivity index (χ1n) is 6.25. The summed E-state index contributed by atoms with van der Waals surface area (Å²) in [5.41, 5.74) is 1.09. The lowest BCUT2D eigenvalue weighted by molar-refractivity contribution is 0.307. The Labute approximate surface area is 111 Å². The summed E-state index contributed by atoms with van der Waals surface area (Å²) < 4.78 is 10.7. The molecule has 2 aromatic rings. The van der Waals surface area contributed by atoms with Gasteiger partial charge in [-0.2, -0.15) is 5.26 Å². The van der Waals surface area contributed by atoms with Crippen molar-refractivity contribution in [2.45, 2.75) is 26.2 Å². The lowest BCUT2D eigenvalue weighted by Crippen LogP contribution is -1.99. The predicted octanol–water partition coefficient (Wildman–Crippen LogP) is 3.17. The van der Waals surface area contributed by atoms with E-state index in [2.05, 4.69) is 6.07 Å². The summed E-state index contributed by atoms with van der Waals surface area (Å²) in [4.78, 5) is 11.3. The second-order valence-corrected chi connectivity index (χ2v) is 4.37. The Kier molecular flexibility index (Phi) is 4.19. The van der Waals surface area contributed by atoms with Crippen LogP contribution >= 0.6 is 0 Å². The third-order valence-corrected chi connectivity index (χ3v) is 2.87. The number of unbranched alkanes of at least 4 members (excludes halogenated alkanes) is 2. The molecule has 0 fully saturated rings. The number of hydrogen-bond acceptors (Lipinski definition) is 4. The van der Waals surface area contributed by atoms with Gasteiger partial charge in [-0.15, -0.1) is 0 Å². The minimum absolute atomic E-state index is 0.351. The average Bonchev–Trinajstić information content (AvgIpc) is 2.38. The van der Waals surface area contributed by atoms with E-state index in [0.717, 1.165) is 23.8 Å². The minimum atomic E-state index is -0.351. The summed E-state index contributed by atoms with van der Waals surface area (Å²) in [6.45, 7) is 2.44. The van der Waals surface area contributed by atoms with E-state index in [0.29, 0.717) is 24.4 Å². The van der Waals surface area contributed by atoms with Crippen LogP contribution in [0.15, 0.2) is 33.5 Å². The van der Waals surface area contributed by atoms with Gasteiger partial charge >= 0.3 is 5.63 Å². The number of fused-ring (bicyclic) bond motifs is 1. The standard InChI is InChI=1S/C15H15NO3/c1-11-9-15(17)19-14-10-12(5-6-13(11)14)18-8-4-2-3-7-16/h5-6,9-10H,2-4,8H2,1H3. The van der Waals surface area contributed by atoms with Crippen LogP contribution in [0, 0.1) is 18.3 Å². The molecule has 2 rings (SSSR count). The second kappa shape index (κ2) is 6.05. The largest absolute Gasteiger partial charge is 0.493 e. The Hall–Kier alpha value is -2.28. The van der Waals surface area contributed by atoms with E-state index in [1.165, 1.54) is 6.07 Å². The maximum atomic E-state index is 11.3. The SMILES string of the molecule is Cc1cc(=O)oc2cc(OCCCCC#N)ccc12. The highest BCUT2D eigenvalue weighted by Crippen LogP contribution is 2.22. The van der Waals surface area contributed by atoms with Crippen LogP contribution in [0.4, 0.5) is 0 Å². The highest BCUT2D eigenvalue weighted by molar-refractivity contribution is 5.81. The van der Waals surface area contributed by atoms with Crippen molar-refractivity contribution in [3.05, 3.63) is 40.2 Å². The molecule has 1 aromatic heterocycles. The van der Waals surface area contributed by atoms with Crippen LogP contribution in [0.3, 0.4) is 0 Å². The number of nitrogens with zero attached hydrogens (tertiary/aromatic N) is 1. The molecule has 0 atom stereocenters. The monoisotopic (exact) mass is 257 g/mol. The predicted molar refractivity (Wildman–Crippen MR) is 72.2 cm³/mol. The third-order valence-electron chi connectivity index (χ3n) is 2.87. The fourth-order valence-corrected chi connectivity index (χ4v) is 1.89. The molecular weight excluding hydrogens is 242 g/mol. The smallest absolute Gasteiger partial charge is 0.336 e. The van der Waals surface area contributed by atoms with Crippen molar-refractivity contribution >= 4 is 11.0 Å². The molecule has 0 spiro atoms. The highest BCUT2D eigenvalue weighted by atomic mass is 16.5. The molecule has 0 aliphatic rings. The van der Waals surface area contributed by atoms with Crippen molar-refractivity contribution in [3.63, 3.8) is 0 Å². The Balaban J connectivity index is 2.09. The topological polar surface area (TPSA) is 63.2 Å². The van der Waals surface area contributed by atoms with E-state index in [4.69, 9.17) is 14.4 Å². The Bertz CT molecular complexity index is 667. The van der Waals surface area contributed by atoms with Gasteiger partial charge in [0.05, 0.1) is 12.7 Å². The van der Waals surface area contributed by atoms with Crippen molar-refractivity contribution in [2.24, 2.45) is 0 Å². The molecule has 98 valence electrons. The Morgan fingerprint density at radius 2 is 2.16 bits per heavy atom. The van der Waals surface area contributed by atoms with Crippen LogP contribution < -0.4 is 10.4 Å². The molecule has 4 heteroatoms. The zero-order chi connectivity index (χ0) is 13.7. The average molecular weight is 257 g/mol. The number of benzene rings is 1. The maximum absolute atomic E-state index is 11.3. The Morgan fingerprint density at radius 3 is 2.95 bits per heavy atom. The van der Waals surface area contributed by atoms with Gasteiger partial charge in [0.2, 0.25) is 0 Å². The number of ether oxygens (including phenoxy) is 1. The molecule has 1 heterocycles. The fraction of sp³-hybridized carbons (Fsp3) is 0.333. The summed E-state index contributed by atoms with van der Waals surface area (Å²) in [6.07, 6.45) is 2.22. The molecule has 0 amide bonds. The van der Waals surface area contributed by atoms with Crippen molar-refractivity contribution in [1.29, 1.82) is 5.26 Å². The van der Waals surface area contributed by atoms with Gasteiger partial charge in [0.25, 0.3) is 0 Å². The summed E-state index contributed by atoms with van der Waals surface area (Å²) in [5.74, 6) is 0.679. The summed E-state index contributed by atoms with van der Waals surface area (Å²) in [6, 6.07) is 9.05. The number of nitriles is 1. The van der Waals surface area contributed by atoms with Crippen molar-refractivity contribution in [3.8, 4) is 11.8 Å². The first kappa shape index (κ1) is 13.2. The molecule has 1 aromatic carbocycles. The molecule has 0 saturated heterocycles. The van der Waals surface area contributed by atoms with Crippen molar-refractivity contribution in [2.75, 3.05) is 6.61 Å². The molecule has 0 saturated carbocycles. The minimum Gasteiger partial charge on any atom is -0.493 e. The van der Waals surface area contributed by atoms with Crippen LogP contribution in [0.25, 0.3) is 11.0 Å². The third kappa shape index (κ3) is 3.35. The quantitative estimate of drug-likeness (QED) is 0.609. The van der Waals surface area contributed by atoms with Crippen molar-refractivity contribution in [1.82, 2.24) is 0 Å². The number of hydrogen-bond donors (Lipinski definition) is 0. The van der Waals surface area contributed by atoms with E-state index in [1.807, 2.05) is 19.1 Å². The second-order valence-electron chi connectivity index (χ2n) is 4.37. The summed E-state index contributed by atoms with van der Waals surface area (Å²) in [5, 5.41) is 9.33. The van der Waals surface area contributed by atoms with Crippen LogP contribution in [-0.2, 0) is 0 Å². The zero-order valence-electron chi connectivity index (χ0n) is 10.8. The van der Waals surface area contributed by atoms with Crippen LogP contribution in [-0.4, -0.2) is 6.61 Å². The molecule has 19 heavy (non-hydrogen) atoms. The molecule has 0 bridgehead atoms. The van der Waals surface area contributed by atoms with Gasteiger partial charge in [-0.1, -0.05) is 0 Å². The molecule has 0 aliphatic heterocycles. The van der Waals surface area contributed by atoms with Gasteiger partial charge in [-0.05, 0) is 37.5 Å². The zero-order valence-corrected chi connectivity index (χ0v) is 10.8. The first-order valence-corrected chi connectivity index (χ1v) is 6.25. The molecule has 4 nitrogen and oxygen atoms in total. The van der Waals surface area contributed by atoms with Crippen LogP contribution in [0.5, 0.6) is 5.75 Å².